The number of anilines is 2. The van der Waals surface area contributed by atoms with Crippen LogP contribution in [0.3, 0.4) is 0 Å². The van der Waals surface area contributed by atoms with E-state index in [2.05, 4.69) is 0 Å². The molecule has 1 aliphatic rings. The molecule has 1 amide bonds. The maximum atomic E-state index is 13.5. The second-order valence-electron chi connectivity index (χ2n) is 10.0. The Balaban J connectivity index is 1.85. The molecular weight excluding hydrogens is 480 g/mol. The van der Waals surface area contributed by atoms with E-state index in [0.29, 0.717) is 28.3 Å². The number of Topliss-reactive ketones (excluding diaryl/α,β-unsaturated/α-hetero) is 1. The highest BCUT2D eigenvalue weighted by Gasteiger charge is 2.47. The first-order valence-corrected chi connectivity index (χ1v) is 12.7. The monoisotopic (exact) mass is 514 g/mol. The van der Waals surface area contributed by atoms with Gasteiger partial charge in [0.1, 0.15) is 17.3 Å². The summed E-state index contributed by atoms with van der Waals surface area (Å²) in [6.07, 6.45) is -0.0587. The normalized spacial score (nSPS) is 16.8. The Kier molecular flexibility index (Phi) is 7.76. The first-order valence-electron chi connectivity index (χ1n) is 12.7. The van der Waals surface area contributed by atoms with E-state index in [1.807, 2.05) is 71.0 Å². The molecule has 0 spiro atoms. The molecule has 198 valence electrons. The van der Waals surface area contributed by atoms with Crippen molar-refractivity contribution < 1.29 is 24.2 Å². The first-order chi connectivity index (χ1) is 18.1. The van der Waals surface area contributed by atoms with E-state index in [0.717, 1.165) is 5.69 Å². The lowest BCUT2D eigenvalue weighted by Crippen LogP contribution is -2.29. The predicted octanol–water partition coefficient (Wildman–Crippen LogP) is 5.95. The van der Waals surface area contributed by atoms with Crippen LogP contribution in [0.1, 0.15) is 44.9 Å². The maximum absolute atomic E-state index is 13.5. The topological polar surface area (TPSA) is 79.3 Å². The molecule has 0 radical (unpaired) electrons. The number of hydrogen-bond donors (Lipinski definition) is 1. The Bertz CT molecular complexity index is 1340. The zero-order chi connectivity index (χ0) is 27.6. The van der Waals surface area contributed by atoms with Gasteiger partial charge in [-0.3, -0.25) is 14.5 Å². The Morgan fingerprint density at radius 1 is 0.842 bits per heavy atom. The molecule has 0 aliphatic carbocycles. The van der Waals surface area contributed by atoms with Crippen LogP contribution in [0, 0.1) is 0 Å². The minimum Gasteiger partial charge on any atom is -0.507 e. The van der Waals surface area contributed by atoms with Crippen molar-refractivity contribution in [2.75, 3.05) is 23.9 Å². The molecule has 1 N–H and O–H groups in total. The lowest BCUT2D eigenvalue weighted by molar-refractivity contribution is -0.132. The summed E-state index contributed by atoms with van der Waals surface area (Å²) in [4.78, 5) is 30.3. The lowest BCUT2D eigenvalue weighted by atomic mass is 9.94. The van der Waals surface area contributed by atoms with Gasteiger partial charge in [-0.2, -0.15) is 0 Å². The van der Waals surface area contributed by atoms with Crippen LogP contribution in [-0.4, -0.2) is 43.1 Å². The van der Waals surface area contributed by atoms with Crippen LogP contribution in [0.25, 0.3) is 5.76 Å². The van der Waals surface area contributed by atoms with E-state index in [1.165, 1.54) is 4.90 Å². The van der Waals surface area contributed by atoms with Gasteiger partial charge in [-0.15, -0.1) is 0 Å². The maximum Gasteiger partial charge on any atom is 0.300 e. The number of carbonyl (C=O) groups is 2. The molecule has 0 bridgehead atoms. The summed E-state index contributed by atoms with van der Waals surface area (Å²) >= 11 is 0. The Morgan fingerprint density at radius 2 is 1.45 bits per heavy atom. The fraction of sp³-hybridized carbons (Fsp3) is 0.290. The average Bonchev–Trinajstić information content (AvgIpc) is 3.14. The lowest BCUT2D eigenvalue weighted by Gasteiger charge is -2.26. The highest BCUT2D eigenvalue weighted by molar-refractivity contribution is 6.51. The number of ether oxygens (including phenoxy) is 2. The van der Waals surface area contributed by atoms with E-state index >= 15 is 0 Å². The molecule has 7 heteroatoms. The number of benzene rings is 3. The molecule has 3 aromatic rings. The molecule has 1 atom stereocenters. The fourth-order valence-electron chi connectivity index (χ4n) is 4.47. The number of rotatable bonds is 8. The summed E-state index contributed by atoms with van der Waals surface area (Å²) in [5.74, 6) is -0.483. The molecular formula is C31H34N2O5. The number of aliphatic hydroxyl groups excluding tert-OH is 1. The number of hydrogen-bond acceptors (Lipinski definition) is 6. The van der Waals surface area contributed by atoms with Gasteiger partial charge in [0.25, 0.3) is 11.7 Å². The largest absolute Gasteiger partial charge is 0.507 e. The molecule has 1 fully saturated rings. The van der Waals surface area contributed by atoms with Gasteiger partial charge in [0.05, 0.1) is 23.8 Å². The minimum absolute atomic E-state index is 0.000674. The molecule has 3 aromatic carbocycles. The van der Waals surface area contributed by atoms with E-state index in [1.54, 1.807) is 48.5 Å². The highest BCUT2D eigenvalue weighted by Crippen LogP contribution is 2.43. The number of carbonyl (C=O) groups excluding carboxylic acids is 2. The molecule has 0 aromatic heterocycles. The van der Waals surface area contributed by atoms with Crippen molar-refractivity contribution in [2.45, 2.75) is 45.9 Å². The van der Waals surface area contributed by atoms with Crippen LogP contribution in [0.2, 0.25) is 0 Å². The van der Waals surface area contributed by atoms with Gasteiger partial charge in [-0.05, 0) is 81.8 Å². The molecule has 38 heavy (non-hydrogen) atoms. The van der Waals surface area contributed by atoms with Crippen molar-refractivity contribution in [1.29, 1.82) is 0 Å². The van der Waals surface area contributed by atoms with Crippen LogP contribution >= 0.6 is 0 Å². The van der Waals surface area contributed by atoms with Crippen molar-refractivity contribution in [3.8, 4) is 11.5 Å². The van der Waals surface area contributed by atoms with Crippen molar-refractivity contribution in [2.24, 2.45) is 0 Å². The number of nitrogens with zero attached hydrogens (tertiary/aromatic N) is 2. The minimum atomic E-state index is -0.822. The predicted molar refractivity (Wildman–Crippen MR) is 150 cm³/mol. The van der Waals surface area contributed by atoms with Crippen LogP contribution < -0.4 is 19.3 Å². The second-order valence-corrected chi connectivity index (χ2v) is 10.0. The molecule has 7 nitrogen and oxygen atoms in total. The standard InChI is InChI=1S/C31H34N2O5/c1-19(2)37-25-16-14-24(15-17-25)33-28(21-10-12-23(13-11-21)32(5)6)27(30(35)31(33)36)29(34)22-8-7-9-26(18-22)38-20(3)4/h7-20,28,34H,1-6H3/b29-27-. The second kappa shape index (κ2) is 11.0. The molecule has 4 rings (SSSR count). The van der Waals surface area contributed by atoms with Crippen LogP contribution in [0.5, 0.6) is 11.5 Å². The third-order valence-electron chi connectivity index (χ3n) is 6.14. The molecule has 1 aliphatic heterocycles. The zero-order valence-corrected chi connectivity index (χ0v) is 22.6. The van der Waals surface area contributed by atoms with Gasteiger partial charge in [0.2, 0.25) is 0 Å². The fourth-order valence-corrected chi connectivity index (χ4v) is 4.47. The Labute approximate surface area is 223 Å². The van der Waals surface area contributed by atoms with Gasteiger partial charge in [-0.1, -0.05) is 24.3 Å². The first kappa shape index (κ1) is 26.8. The number of ketones is 1. The van der Waals surface area contributed by atoms with Crippen LogP contribution in [0.15, 0.2) is 78.4 Å². The van der Waals surface area contributed by atoms with Gasteiger partial charge in [0.15, 0.2) is 0 Å². The number of amides is 1. The van der Waals surface area contributed by atoms with Gasteiger partial charge in [-0.25, -0.2) is 0 Å². The quantitative estimate of drug-likeness (QED) is 0.227. The summed E-state index contributed by atoms with van der Waals surface area (Å²) in [5.41, 5.74) is 2.63. The summed E-state index contributed by atoms with van der Waals surface area (Å²) < 4.78 is 11.5. The summed E-state index contributed by atoms with van der Waals surface area (Å²) in [7, 11) is 3.88. The Hall–Kier alpha value is -4.26. The highest BCUT2D eigenvalue weighted by atomic mass is 16.5. The van der Waals surface area contributed by atoms with Crippen LogP contribution in [0.4, 0.5) is 11.4 Å². The van der Waals surface area contributed by atoms with Gasteiger partial charge < -0.3 is 19.5 Å². The third kappa shape index (κ3) is 5.52. The summed E-state index contributed by atoms with van der Waals surface area (Å²) in [5, 5.41) is 11.4. The molecule has 1 heterocycles. The van der Waals surface area contributed by atoms with Crippen molar-refractivity contribution >= 4 is 28.8 Å². The van der Waals surface area contributed by atoms with E-state index < -0.39 is 17.7 Å². The zero-order valence-electron chi connectivity index (χ0n) is 22.6. The van der Waals surface area contributed by atoms with Crippen LogP contribution in [-0.2, 0) is 9.59 Å². The van der Waals surface area contributed by atoms with Gasteiger partial charge in [0, 0.05) is 31.0 Å². The Morgan fingerprint density at radius 3 is 2.03 bits per heavy atom. The van der Waals surface area contributed by atoms with E-state index in [9.17, 15) is 14.7 Å². The summed E-state index contributed by atoms with van der Waals surface area (Å²) in [6.45, 7) is 7.69. The van der Waals surface area contributed by atoms with E-state index in [-0.39, 0.29) is 23.5 Å². The number of aliphatic hydroxyl groups is 1. The third-order valence-corrected chi connectivity index (χ3v) is 6.14. The van der Waals surface area contributed by atoms with Crippen molar-refractivity contribution in [1.82, 2.24) is 0 Å². The molecule has 0 saturated carbocycles. The average molecular weight is 515 g/mol. The summed E-state index contributed by atoms with van der Waals surface area (Å²) in [6, 6.07) is 20.7. The molecule has 1 unspecified atom stereocenters. The van der Waals surface area contributed by atoms with Gasteiger partial charge >= 0.3 is 0 Å². The van der Waals surface area contributed by atoms with E-state index in [4.69, 9.17) is 9.47 Å². The van der Waals surface area contributed by atoms with Crippen molar-refractivity contribution in [3.05, 3.63) is 89.5 Å². The smallest absolute Gasteiger partial charge is 0.300 e. The molecule has 1 saturated heterocycles. The van der Waals surface area contributed by atoms with Crippen molar-refractivity contribution in [3.63, 3.8) is 0 Å². The SMILES string of the molecule is CC(C)Oc1ccc(N2C(=O)C(=O)/C(=C(\O)c3cccc(OC(C)C)c3)C2c2ccc(N(C)C)cc2)cc1.